The highest BCUT2D eigenvalue weighted by Crippen LogP contribution is 2.38. The van der Waals surface area contributed by atoms with Gasteiger partial charge in [0.15, 0.2) is 0 Å². The maximum atomic E-state index is 11.9. The molecule has 0 saturated heterocycles. The molecule has 6 heteroatoms. The van der Waals surface area contributed by atoms with Crippen LogP contribution < -0.4 is 4.90 Å². The average Bonchev–Trinajstić information content (AvgIpc) is 2.55. The molecule has 0 aliphatic carbocycles. The van der Waals surface area contributed by atoms with E-state index in [1.807, 2.05) is 6.07 Å². The number of carbonyl (C=O) groups is 2. The average molecular weight is 395 g/mol. The van der Waals surface area contributed by atoms with Crippen LogP contribution in [0, 0.1) is 0 Å². The third-order valence-electron chi connectivity index (χ3n) is 2.75. The molecular weight excluding hydrogens is 385 g/mol. The number of halogens is 3. The van der Waals surface area contributed by atoms with Gasteiger partial charge < -0.3 is 4.90 Å². The summed E-state index contributed by atoms with van der Waals surface area (Å²) in [6.45, 7) is 0.518. The second-order valence-electron chi connectivity index (χ2n) is 3.97. The molecule has 1 aliphatic heterocycles. The molecule has 0 N–H and O–H groups in total. The zero-order valence-electron chi connectivity index (χ0n) is 9.38. The van der Waals surface area contributed by atoms with Gasteiger partial charge >= 0.3 is 0 Å². The number of unbranched alkanes of at least 4 members (excludes halogenated alkanes) is 1. The van der Waals surface area contributed by atoms with E-state index in [4.69, 9.17) is 11.6 Å². The minimum atomic E-state index is -0.460. The number of amides is 1. The molecule has 1 aliphatic rings. The molecule has 1 aromatic rings. The first-order valence-electron chi connectivity index (χ1n) is 5.47. The van der Waals surface area contributed by atoms with E-state index in [-0.39, 0.29) is 0 Å². The van der Waals surface area contributed by atoms with Crippen LogP contribution in [0.1, 0.15) is 23.2 Å². The minimum Gasteiger partial charge on any atom is -0.304 e. The summed E-state index contributed by atoms with van der Waals surface area (Å²) in [7, 11) is 0. The molecule has 0 saturated carbocycles. The van der Waals surface area contributed by atoms with Crippen LogP contribution >= 0.6 is 43.5 Å². The van der Waals surface area contributed by atoms with Crippen molar-refractivity contribution >= 4 is 60.8 Å². The van der Waals surface area contributed by atoms with Crippen molar-refractivity contribution in [2.75, 3.05) is 17.3 Å². The van der Waals surface area contributed by atoms with Crippen LogP contribution in [0.3, 0.4) is 0 Å². The lowest BCUT2D eigenvalue weighted by atomic mass is 10.1. The maximum Gasteiger partial charge on any atom is 0.299 e. The third-order valence-corrected chi connectivity index (χ3v) is 4.08. The normalized spacial score (nSPS) is 14.3. The van der Waals surface area contributed by atoms with Gasteiger partial charge in [0.1, 0.15) is 0 Å². The lowest BCUT2D eigenvalue weighted by Crippen LogP contribution is -2.30. The van der Waals surface area contributed by atoms with Crippen molar-refractivity contribution in [3.8, 4) is 0 Å². The molecule has 0 spiro atoms. The Morgan fingerprint density at radius 2 is 1.89 bits per heavy atom. The predicted octanol–water partition coefficient (Wildman–Crippen LogP) is 3.76. The van der Waals surface area contributed by atoms with Gasteiger partial charge in [-0.1, -0.05) is 15.9 Å². The number of ketones is 1. The summed E-state index contributed by atoms with van der Waals surface area (Å²) < 4.78 is 1.52. The van der Waals surface area contributed by atoms with Crippen molar-refractivity contribution in [2.45, 2.75) is 12.8 Å². The minimum absolute atomic E-state index is 0.446. The standard InChI is InChI=1S/C12H10Br2ClNO2/c13-7-5-8-10(9(14)6-7)16(4-2-1-3-15)12(18)11(8)17/h5-6H,1-4H2. The summed E-state index contributed by atoms with van der Waals surface area (Å²) in [6.07, 6.45) is 1.60. The SMILES string of the molecule is O=C1C(=O)N(CCCCCl)c2c(Br)cc(Br)cc21. The van der Waals surface area contributed by atoms with E-state index in [0.29, 0.717) is 23.7 Å². The molecule has 3 nitrogen and oxygen atoms in total. The Kier molecular flexibility index (Phi) is 4.45. The number of Topliss-reactive ketones (excluding diaryl/α,β-unsaturated/α-hetero) is 1. The molecule has 96 valence electrons. The van der Waals surface area contributed by atoms with Gasteiger partial charge in [-0.25, -0.2) is 0 Å². The van der Waals surface area contributed by atoms with Gasteiger partial charge in [0, 0.05) is 21.4 Å². The number of rotatable bonds is 4. The summed E-state index contributed by atoms with van der Waals surface area (Å²) in [4.78, 5) is 25.3. The van der Waals surface area contributed by atoms with E-state index < -0.39 is 11.7 Å². The van der Waals surface area contributed by atoms with E-state index in [1.165, 1.54) is 4.90 Å². The Hall–Kier alpha value is -0.390. The highest BCUT2D eigenvalue weighted by atomic mass is 79.9. The molecule has 18 heavy (non-hydrogen) atoms. The fraction of sp³-hybridized carbons (Fsp3) is 0.333. The monoisotopic (exact) mass is 393 g/mol. The number of carbonyl (C=O) groups excluding carboxylic acids is 2. The predicted molar refractivity (Wildman–Crippen MR) is 78.5 cm³/mol. The fourth-order valence-corrected chi connectivity index (χ4v) is 3.56. The quantitative estimate of drug-likeness (QED) is 0.442. The molecule has 0 unspecified atom stereocenters. The van der Waals surface area contributed by atoms with Crippen LogP contribution in [0.15, 0.2) is 21.1 Å². The molecule has 0 fully saturated rings. The Labute approximate surface area is 127 Å². The fourth-order valence-electron chi connectivity index (χ4n) is 1.93. The Bertz CT molecular complexity index is 519. The number of fused-ring (bicyclic) bond motifs is 1. The van der Waals surface area contributed by atoms with Crippen LogP contribution in [-0.2, 0) is 4.79 Å². The molecule has 2 rings (SSSR count). The first-order valence-corrected chi connectivity index (χ1v) is 7.59. The van der Waals surface area contributed by atoms with Crippen molar-refractivity contribution in [3.05, 3.63) is 26.6 Å². The summed E-state index contributed by atoms with van der Waals surface area (Å²) in [5.41, 5.74) is 1.12. The van der Waals surface area contributed by atoms with Crippen molar-refractivity contribution in [1.82, 2.24) is 0 Å². The van der Waals surface area contributed by atoms with Gasteiger partial charge in [-0.2, -0.15) is 0 Å². The number of hydrogen-bond acceptors (Lipinski definition) is 2. The van der Waals surface area contributed by atoms with Gasteiger partial charge in [0.05, 0.1) is 11.3 Å². The van der Waals surface area contributed by atoms with Gasteiger partial charge in [0.2, 0.25) is 0 Å². The van der Waals surface area contributed by atoms with Crippen LogP contribution in [0.2, 0.25) is 0 Å². The molecule has 0 atom stereocenters. The second kappa shape index (κ2) is 5.72. The van der Waals surface area contributed by atoms with Crippen LogP contribution in [0.25, 0.3) is 0 Å². The van der Waals surface area contributed by atoms with Gasteiger partial charge in [-0.3, -0.25) is 9.59 Å². The van der Waals surface area contributed by atoms with Gasteiger partial charge in [-0.05, 0) is 40.9 Å². The summed E-state index contributed by atoms with van der Waals surface area (Å²) in [5.74, 6) is -0.346. The third kappa shape index (κ3) is 2.49. The Morgan fingerprint density at radius 1 is 1.17 bits per heavy atom. The molecule has 0 bridgehead atoms. The van der Waals surface area contributed by atoms with E-state index >= 15 is 0 Å². The smallest absolute Gasteiger partial charge is 0.299 e. The molecule has 1 aromatic carbocycles. The highest BCUT2D eigenvalue weighted by Gasteiger charge is 2.37. The number of alkyl halides is 1. The second-order valence-corrected chi connectivity index (χ2v) is 6.11. The number of nitrogens with zero attached hydrogens (tertiary/aromatic N) is 1. The largest absolute Gasteiger partial charge is 0.304 e. The van der Waals surface area contributed by atoms with Gasteiger partial charge in [0.25, 0.3) is 11.7 Å². The molecular formula is C12H10Br2ClNO2. The molecule has 0 radical (unpaired) electrons. The highest BCUT2D eigenvalue weighted by molar-refractivity contribution is 9.11. The van der Waals surface area contributed by atoms with Crippen molar-refractivity contribution in [3.63, 3.8) is 0 Å². The summed E-state index contributed by atoms with van der Waals surface area (Å²) >= 11 is 12.3. The summed E-state index contributed by atoms with van der Waals surface area (Å²) in [5, 5.41) is 0. The molecule has 0 aromatic heterocycles. The first-order chi connectivity index (χ1) is 8.56. The number of anilines is 1. The Balaban J connectivity index is 2.36. The lowest BCUT2D eigenvalue weighted by molar-refractivity contribution is -0.114. The zero-order chi connectivity index (χ0) is 13.3. The Morgan fingerprint density at radius 3 is 2.56 bits per heavy atom. The zero-order valence-corrected chi connectivity index (χ0v) is 13.3. The van der Waals surface area contributed by atoms with Crippen LogP contribution in [0.4, 0.5) is 5.69 Å². The molecule has 1 amide bonds. The van der Waals surface area contributed by atoms with E-state index in [9.17, 15) is 9.59 Å². The van der Waals surface area contributed by atoms with E-state index in [0.717, 1.165) is 21.8 Å². The van der Waals surface area contributed by atoms with Crippen molar-refractivity contribution in [2.24, 2.45) is 0 Å². The van der Waals surface area contributed by atoms with Crippen LogP contribution in [-0.4, -0.2) is 24.1 Å². The van der Waals surface area contributed by atoms with E-state index in [1.54, 1.807) is 6.07 Å². The first kappa shape index (κ1) is 14.0. The van der Waals surface area contributed by atoms with Crippen molar-refractivity contribution < 1.29 is 9.59 Å². The topological polar surface area (TPSA) is 37.4 Å². The van der Waals surface area contributed by atoms with Crippen molar-refractivity contribution in [1.29, 1.82) is 0 Å². The number of hydrogen-bond donors (Lipinski definition) is 0. The molecule has 1 heterocycles. The van der Waals surface area contributed by atoms with Gasteiger partial charge in [-0.15, -0.1) is 11.6 Å². The maximum absolute atomic E-state index is 11.9. The lowest BCUT2D eigenvalue weighted by Gasteiger charge is -2.17. The van der Waals surface area contributed by atoms with Crippen LogP contribution in [0.5, 0.6) is 0 Å². The van der Waals surface area contributed by atoms with E-state index in [2.05, 4.69) is 31.9 Å². The summed E-state index contributed by atoms with van der Waals surface area (Å²) in [6, 6.07) is 3.52. The number of benzene rings is 1.